The molecule has 0 radical (unpaired) electrons. The number of thiocarbonyl (C=S) groups is 1. The Kier molecular flexibility index (Phi) is 4.14. The lowest BCUT2D eigenvalue weighted by atomic mass is 10.2. The molecule has 1 heterocycles. The van der Waals surface area contributed by atoms with Crippen LogP contribution in [-0.4, -0.2) is 23.2 Å². The largest absolute Gasteiger partial charge is 0.487 e. The Balaban J connectivity index is 2.27. The summed E-state index contributed by atoms with van der Waals surface area (Å²) in [6.07, 6.45) is 1.51. The van der Waals surface area contributed by atoms with Gasteiger partial charge in [0.05, 0.1) is 12.6 Å². The summed E-state index contributed by atoms with van der Waals surface area (Å²) in [4.78, 5) is 4.30. The number of hydrogen-bond acceptors (Lipinski definition) is 4. The quantitative estimate of drug-likeness (QED) is 0.804. The van der Waals surface area contributed by atoms with E-state index in [1.807, 2.05) is 31.2 Å². The van der Waals surface area contributed by atoms with Crippen molar-refractivity contribution in [3.05, 3.63) is 34.9 Å². The number of hydrogen-bond donors (Lipinski definition) is 0. The van der Waals surface area contributed by atoms with Crippen LogP contribution in [0.5, 0.6) is 5.75 Å². The molecule has 0 aliphatic carbocycles. The molecule has 0 saturated heterocycles. The SMILES string of the molecule is COC(=S)C(C)Oc1ccc2ncc(Br)cc2c1. The van der Waals surface area contributed by atoms with Gasteiger partial charge in [-0.2, -0.15) is 0 Å². The van der Waals surface area contributed by atoms with E-state index in [0.29, 0.717) is 5.05 Å². The summed E-state index contributed by atoms with van der Waals surface area (Å²) >= 11 is 8.42. The Morgan fingerprint density at radius 2 is 2.17 bits per heavy atom. The van der Waals surface area contributed by atoms with E-state index >= 15 is 0 Å². The van der Waals surface area contributed by atoms with Crippen molar-refractivity contribution in [2.75, 3.05) is 7.11 Å². The molecule has 0 fully saturated rings. The molecule has 0 aliphatic heterocycles. The van der Waals surface area contributed by atoms with E-state index in [1.54, 1.807) is 13.3 Å². The highest BCUT2D eigenvalue weighted by Crippen LogP contribution is 2.23. The van der Waals surface area contributed by atoms with E-state index in [9.17, 15) is 0 Å². The van der Waals surface area contributed by atoms with Crippen LogP contribution in [0.4, 0.5) is 0 Å². The second kappa shape index (κ2) is 5.63. The van der Waals surface area contributed by atoms with Crippen LogP contribution in [0.3, 0.4) is 0 Å². The van der Waals surface area contributed by atoms with Gasteiger partial charge in [-0.15, -0.1) is 0 Å². The van der Waals surface area contributed by atoms with Crippen molar-refractivity contribution in [2.24, 2.45) is 0 Å². The van der Waals surface area contributed by atoms with Gasteiger partial charge in [0.1, 0.15) is 5.75 Å². The van der Waals surface area contributed by atoms with Gasteiger partial charge >= 0.3 is 0 Å². The maximum atomic E-state index is 5.71. The highest BCUT2D eigenvalue weighted by Gasteiger charge is 2.10. The topological polar surface area (TPSA) is 31.4 Å². The van der Waals surface area contributed by atoms with Gasteiger partial charge in [-0.3, -0.25) is 4.98 Å². The van der Waals surface area contributed by atoms with Crippen LogP contribution in [0.1, 0.15) is 6.92 Å². The van der Waals surface area contributed by atoms with Crippen molar-refractivity contribution in [2.45, 2.75) is 13.0 Å². The van der Waals surface area contributed by atoms with Gasteiger partial charge in [0.2, 0.25) is 0 Å². The molecule has 0 spiro atoms. The van der Waals surface area contributed by atoms with Crippen LogP contribution in [-0.2, 0) is 4.74 Å². The Morgan fingerprint density at radius 1 is 1.39 bits per heavy atom. The normalized spacial score (nSPS) is 12.2. The fourth-order valence-corrected chi connectivity index (χ4v) is 1.97. The number of rotatable bonds is 3. The minimum absolute atomic E-state index is 0.262. The van der Waals surface area contributed by atoms with Crippen molar-refractivity contribution in [3.63, 3.8) is 0 Å². The van der Waals surface area contributed by atoms with E-state index in [-0.39, 0.29) is 6.10 Å². The molecule has 2 rings (SSSR count). The molecule has 1 aromatic carbocycles. The predicted molar refractivity (Wildman–Crippen MR) is 79.1 cm³/mol. The van der Waals surface area contributed by atoms with Gasteiger partial charge in [-0.05, 0) is 59.3 Å². The molecule has 0 saturated carbocycles. The molecule has 1 aromatic heterocycles. The van der Waals surface area contributed by atoms with Gasteiger partial charge in [0.15, 0.2) is 11.2 Å². The third-order valence-electron chi connectivity index (χ3n) is 2.47. The summed E-state index contributed by atoms with van der Waals surface area (Å²) in [6, 6.07) is 7.72. The average molecular weight is 326 g/mol. The van der Waals surface area contributed by atoms with Crippen LogP contribution in [0.25, 0.3) is 10.9 Å². The van der Waals surface area contributed by atoms with Crippen LogP contribution < -0.4 is 4.74 Å². The van der Waals surface area contributed by atoms with Gasteiger partial charge < -0.3 is 9.47 Å². The summed E-state index contributed by atoms with van der Waals surface area (Å²) in [5.74, 6) is 0.745. The second-order valence-electron chi connectivity index (χ2n) is 3.79. The van der Waals surface area contributed by atoms with E-state index in [4.69, 9.17) is 21.7 Å². The summed E-state index contributed by atoms with van der Waals surface area (Å²) in [7, 11) is 1.55. The lowest BCUT2D eigenvalue weighted by Crippen LogP contribution is -2.23. The van der Waals surface area contributed by atoms with Crippen LogP contribution in [0.2, 0.25) is 0 Å². The van der Waals surface area contributed by atoms with E-state index in [1.165, 1.54) is 0 Å². The molecule has 94 valence electrons. The summed E-state index contributed by atoms with van der Waals surface area (Å²) in [5.41, 5.74) is 0.924. The molecule has 5 heteroatoms. The van der Waals surface area contributed by atoms with Crippen molar-refractivity contribution in [3.8, 4) is 5.75 Å². The lowest BCUT2D eigenvalue weighted by Gasteiger charge is -2.14. The second-order valence-corrected chi connectivity index (χ2v) is 5.11. The van der Waals surface area contributed by atoms with E-state index < -0.39 is 0 Å². The molecule has 0 bridgehead atoms. The van der Waals surface area contributed by atoms with E-state index in [2.05, 4.69) is 20.9 Å². The van der Waals surface area contributed by atoms with Crippen molar-refractivity contribution in [1.82, 2.24) is 4.98 Å². The fourth-order valence-electron chi connectivity index (χ4n) is 1.57. The van der Waals surface area contributed by atoms with Gasteiger partial charge in [-0.1, -0.05) is 0 Å². The predicted octanol–water partition coefficient (Wildman–Crippen LogP) is 3.74. The molecule has 18 heavy (non-hydrogen) atoms. The van der Waals surface area contributed by atoms with E-state index in [0.717, 1.165) is 21.1 Å². The minimum Gasteiger partial charge on any atom is -0.487 e. The highest BCUT2D eigenvalue weighted by atomic mass is 79.9. The maximum absolute atomic E-state index is 5.71. The zero-order valence-corrected chi connectivity index (χ0v) is 12.4. The first-order valence-electron chi connectivity index (χ1n) is 5.40. The number of methoxy groups -OCH3 is 1. The number of halogens is 1. The Bertz CT molecular complexity index is 588. The third-order valence-corrected chi connectivity index (χ3v) is 3.40. The monoisotopic (exact) mass is 325 g/mol. The molecule has 1 atom stereocenters. The zero-order chi connectivity index (χ0) is 13.1. The minimum atomic E-state index is -0.262. The first-order valence-corrected chi connectivity index (χ1v) is 6.60. The van der Waals surface area contributed by atoms with Gasteiger partial charge in [0.25, 0.3) is 0 Å². The van der Waals surface area contributed by atoms with Crippen LogP contribution >= 0.6 is 28.1 Å². The third kappa shape index (κ3) is 2.97. The van der Waals surface area contributed by atoms with Crippen molar-refractivity contribution >= 4 is 44.1 Å². The number of fused-ring (bicyclic) bond motifs is 1. The summed E-state index contributed by atoms with van der Waals surface area (Å²) in [5, 5.41) is 1.44. The Hall–Kier alpha value is -1.20. The molecular weight excluding hydrogens is 314 g/mol. The molecule has 0 N–H and O–H groups in total. The standard InChI is InChI=1S/C13H12BrNO2S/c1-8(13(18)16-2)17-11-3-4-12-9(6-11)5-10(14)7-15-12/h3-8H,1-2H3. The first kappa shape index (κ1) is 13.2. The molecule has 3 nitrogen and oxygen atoms in total. The summed E-state index contributed by atoms with van der Waals surface area (Å²) in [6.45, 7) is 1.86. The van der Waals surface area contributed by atoms with Crippen molar-refractivity contribution < 1.29 is 9.47 Å². The fraction of sp³-hybridized carbons (Fsp3) is 0.231. The molecule has 1 unspecified atom stereocenters. The van der Waals surface area contributed by atoms with Gasteiger partial charge in [0, 0.05) is 16.1 Å². The zero-order valence-electron chi connectivity index (χ0n) is 10.0. The Labute approximate surface area is 119 Å². The van der Waals surface area contributed by atoms with Crippen LogP contribution in [0.15, 0.2) is 34.9 Å². The van der Waals surface area contributed by atoms with Crippen LogP contribution in [0, 0.1) is 0 Å². The summed E-state index contributed by atoms with van der Waals surface area (Å²) < 4.78 is 11.6. The van der Waals surface area contributed by atoms with Gasteiger partial charge in [-0.25, -0.2) is 0 Å². The average Bonchev–Trinajstić information content (AvgIpc) is 2.37. The Morgan fingerprint density at radius 3 is 2.89 bits per heavy atom. The lowest BCUT2D eigenvalue weighted by molar-refractivity contribution is 0.249. The molecule has 0 aliphatic rings. The number of aromatic nitrogens is 1. The molecule has 2 aromatic rings. The molecular formula is C13H12BrNO2S. The number of benzene rings is 1. The maximum Gasteiger partial charge on any atom is 0.200 e. The molecule has 0 amide bonds. The van der Waals surface area contributed by atoms with Crippen molar-refractivity contribution in [1.29, 1.82) is 0 Å². The first-order chi connectivity index (χ1) is 8.60. The highest BCUT2D eigenvalue weighted by molar-refractivity contribution is 9.10. The smallest absolute Gasteiger partial charge is 0.200 e. The number of pyridine rings is 1. The number of ether oxygens (including phenoxy) is 2. The number of nitrogens with zero attached hydrogens (tertiary/aromatic N) is 1.